The minimum absolute atomic E-state index is 0.155. The Balaban J connectivity index is 3.73. The maximum atomic E-state index is 10.4. The topological polar surface area (TPSA) is 66.8 Å². The Morgan fingerprint density at radius 1 is 0.960 bits per heavy atom. The van der Waals surface area contributed by atoms with Crippen LogP contribution >= 0.6 is 0 Å². The van der Waals surface area contributed by atoms with Crippen molar-refractivity contribution in [2.75, 3.05) is 0 Å². The molecule has 0 saturated heterocycles. The monoisotopic (exact) mass is 350 g/mol. The Morgan fingerprint density at radius 2 is 1.68 bits per heavy atom. The molecule has 1 atom stereocenters. The molecule has 0 aromatic rings. The Morgan fingerprint density at radius 3 is 2.36 bits per heavy atom. The van der Waals surface area contributed by atoms with Gasteiger partial charge in [0, 0.05) is 6.42 Å². The zero-order chi connectivity index (χ0) is 18.6. The van der Waals surface area contributed by atoms with Gasteiger partial charge in [-0.25, -0.2) is 4.89 Å². The highest BCUT2D eigenvalue weighted by atomic mass is 17.1. The molecule has 0 heterocycles. The van der Waals surface area contributed by atoms with Crippen LogP contribution in [-0.4, -0.2) is 22.4 Å². The van der Waals surface area contributed by atoms with E-state index < -0.39 is 5.97 Å². The summed E-state index contributed by atoms with van der Waals surface area (Å²) in [6.07, 6.45) is 24.9. The summed E-state index contributed by atoms with van der Waals surface area (Å²) in [6, 6.07) is 0. The Hall–Kier alpha value is -1.65. The smallest absolute Gasteiger partial charge is 0.303 e. The van der Waals surface area contributed by atoms with E-state index in [1.54, 1.807) is 6.08 Å². The van der Waals surface area contributed by atoms with Crippen LogP contribution in [0.3, 0.4) is 0 Å². The van der Waals surface area contributed by atoms with Crippen LogP contribution in [0.15, 0.2) is 48.6 Å². The first-order valence-corrected chi connectivity index (χ1v) is 9.36. The lowest BCUT2D eigenvalue weighted by molar-refractivity contribution is -0.267. The first-order valence-electron chi connectivity index (χ1n) is 9.36. The van der Waals surface area contributed by atoms with E-state index in [0.29, 0.717) is 19.3 Å². The highest BCUT2D eigenvalue weighted by molar-refractivity contribution is 5.66. The largest absolute Gasteiger partial charge is 0.481 e. The summed E-state index contributed by atoms with van der Waals surface area (Å²) in [5.41, 5.74) is 0. The molecule has 4 nitrogen and oxygen atoms in total. The lowest BCUT2D eigenvalue weighted by atomic mass is 10.1. The van der Waals surface area contributed by atoms with Crippen LogP contribution in [0.2, 0.25) is 0 Å². The molecule has 142 valence electrons. The third-order valence-corrected chi connectivity index (χ3v) is 3.69. The molecule has 0 amide bonds. The van der Waals surface area contributed by atoms with Crippen molar-refractivity contribution in [1.82, 2.24) is 0 Å². The number of aliphatic carboxylic acids is 1. The quantitative estimate of drug-likeness (QED) is 0.116. The van der Waals surface area contributed by atoms with Crippen molar-refractivity contribution in [2.24, 2.45) is 0 Å². The summed E-state index contributed by atoms with van der Waals surface area (Å²) in [7, 11) is 0. The van der Waals surface area contributed by atoms with Crippen LogP contribution in [0.25, 0.3) is 0 Å². The van der Waals surface area contributed by atoms with Crippen LogP contribution in [0.4, 0.5) is 0 Å². The van der Waals surface area contributed by atoms with Crippen LogP contribution < -0.4 is 0 Å². The maximum absolute atomic E-state index is 10.4. The van der Waals surface area contributed by atoms with E-state index in [0.717, 1.165) is 12.8 Å². The minimum atomic E-state index is -0.792. The Labute approximate surface area is 152 Å². The van der Waals surface area contributed by atoms with Gasteiger partial charge in [-0.1, -0.05) is 68.4 Å². The molecular formula is C21H34O4. The number of allylic oxidation sites excluding steroid dienone is 7. The molecule has 0 aliphatic carbocycles. The van der Waals surface area contributed by atoms with E-state index in [4.69, 9.17) is 10.4 Å². The van der Waals surface area contributed by atoms with Gasteiger partial charge < -0.3 is 5.11 Å². The average Bonchev–Trinajstić information content (AvgIpc) is 2.60. The lowest BCUT2D eigenvalue weighted by Crippen LogP contribution is -2.07. The van der Waals surface area contributed by atoms with E-state index in [1.807, 2.05) is 18.2 Å². The van der Waals surface area contributed by atoms with E-state index in [9.17, 15) is 4.79 Å². The lowest BCUT2D eigenvalue weighted by Gasteiger charge is -2.07. The van der Waals surface area contributed by atoms with Gasteiger partial charge in [-0.2, -0.15) is 0 Å². The molecule has 1 unspecified atom stereocenters. The number of unbranched alkanes of at least 4 members (excludes halogenated alkanes) is 4. The molecule has 0 aliphatic heterocycles. The van der Waals surface area contributed by atoms with Gasteiger partial charge in [0.2, 0.25) is 0 Å². The second kappa shape index (κ2) is 18.7. The van der Waals surface area contributed by atoms with Gasteiger partial charge in [-0.05, 0) is 44.9 Å². The minimum Gasteiger partial charge on any atom is -0.481 e. The first kappa shape index (κ1) is 23.4. The van der Waals surface area contributed by atoms with Gasteiger partial charge in [-0.3, -0.25) is 10.1 Å². The first-order chi connectivity index (χ1) is 12.2. The second-order valence-electron chi connectivity index (χ2n) is 6.01. The number of carboxylic acid groups (broad SMARTS) is 1. The van der Waals surface area contributed by atoms with Crippen molar-refractivity contribution < 1.29 is 20.0 Å². The number of carbonyl (C=O) groups is 1. The molecular weight excluding hydrogens is 316 g/mol. The summed E-state index contributed by atoms with van der Waals surface area (Å²) < 4.78 is 0. The summed E-state index contributed by atoms with van der Waals surface area (Å²) in [5.74, 6) is -0.792. The van der Waals surface area contributed by atoms with E-state index in [1.165, 1.54) is 25.7 Å². The van der Waals surface area contributed by atoms with Crippen molar-refractivity contribution in [1.29, 1.82) is 0 Å². The fourth-order valence-electron chi connectivity index (χ4n) is 2.23. The maximum Gasteiger partial charge on any atom is 0.303 e. The molecule has 0 aliphatic rings. The average molecular weight is 350 g/mol. The van der Waals surface area contributed by atoms with Gasteiger partial charge in [0.1, 0.15) is 6.10 Å². The Kier molecular flexibility index (Phi) is 17.5. The third-order valence-electron chi connectivity index (χ3n) is 3.69. The van der Waals surface area contributed by atoms with Crippen LogP contribution in [-0.2, 0) is 9.68 Å². The van der Waals surface area contributed by atoms with Crippen molar-refractivity contribution in [3.8, 4) is 0 Å². The fourth-order valence-corrected chi connectivity index (χ4v) is 2.23. The van der Waals surface area contributed by atoms with Crippen LogP contribution in [0.5, 0.6) is 0 Å². The van der Waals surface area contributed by atoms with E-state index in [-0.39, 0.29) is 12.5 Å². The van der Waals surface area contributed by atoms with Crippen molar-refractivity contribution in [2.45, 2.75) is 77.2 Å². The standard InChI is InChI=1S/C21H34O4/c1-2-3-4-5-6-7-8-9-10-11-12-13-14-17-20(25-24)18-15-16-19-21(22)23/h6-7,9-10,12-14,17,20,24H,2-5,8,11,15-16,18-19H2,1H3,(H,22,23)/b7-6+,10-9+,13-12+,17-14+. The van der Waals surface area contributed by atoms with Crippen molar-refractivity contribution in [3.05, 3.63) is 48.6 Å². The molecule has 0 bridgehead atoms. The van der Waals surface area contributed by atoms with E-state index >= 15 is 0 Å². The molecule has 25 heavy (non-hydrogen) atoms. The number of hydrogen-bond donors (Lipinski definition) is 2. The molecule has 0 aromatic carbocycles. The van der Waals surface area contributed by atoms with Crippen LogP contribution in [0.1, 0.15) is 71.1 Å². The zero-order valence-corrected chi connectivity index (χ0v) is 15.5. The highest BCUT2D eigenvalue weighted by Gasteiger charge is 2.04. The van der Waals surface area contributed by atoms with Crippen molar-refractivity contribution >= 4 is 5.97 Å². The van der Waals surface area contributed by atoms with Crippen molar-refractivity contribution in [3.63, 3.8) is 0 Å². The fraction of sp³-hybridized carbons (Fsp3) is 0.571. The molecule has 4 heteroatoms. The van der Waals surface area contributed by atoms with E-state index in [2.05, 4.69) is 36.1 Å². The second-order valence-corrected chi connectivity index (χ2v) is 6.01. The normalized spacial score (nSPS) is 13.7. The molecule has 0 saturated carbocycles. The SMILES string of the molecule is CCCCC/C=C/C/C=C/C/C=C/C=C/C(CCCCC(=O)O)OO. The van der Waals surface area contributed by atoms with Gasteiger partial charge in [-0.15, -0.1) is 0 Å². The van der Waals surface area contributed by atoms with Gasteiger partial charge in [0.05, 0.1) is 0 Å². The van der Waals surface area contributed by atoms with Gasteiger partial charge in [0.25, 0.3) is 0 Å². The molecule has 0 spiro atoms. The molecule has 0 aromatic heterocycles. The Bertz CT molecular complexity index is 422. The summed E-state index contributed by atoms with van der Waals surface area (Å²) >= 11 is 0. The van der Waals surface area contributed by atoms with Gasteiger partial charge >= 0.3 is 5.97 Å². The zero-order valence-electron chi connectivity index (χ0n) is 15.5. The predicted molar refractivity (Wildman–Crippen MR) is 104 cm³/mol. The molecule has 0 rings (SSSR count). The third kappa shape index (κ3) is 18.5. The predicted octanol–water partition coefficient (Wildman–Crippen LogP) is 6.07. The number of hydrogen-bond acceptors (Lipinski definition) is 3. The molecule has 0 radical (unpaired) electrons. The molecule has 2 N–H and O–H groups in total. The van der Waals surface area contributed by atoms with Gasteiger partial charge in [0.15, 0.2) is 0 Å². The summed E-state index contributed by atoms with van der Waals surface area (Å²) in [5, 5.41) is 17.4. The summed E-state index contributed by atoms with van der Waals surface area (Å²) in [6.45, 7) is 2.22. The summed E-state index contributed by atoms with van der Waals surface area (Å²) in [4.78, 5) is 14.8. The molecule has 0 fully saturated rings. The van der Waals surface area contributed by atoms with Crippen LogP contribution in [0, 0.1) is 0 Å². The number of rotatable bonds is 16. The highest BCUT2D eigenvalue weighted by Crippen LogP contribution is 2.08. The number of carboxylic acids is 1.